The van der Waals surface area contributed by atoms with Crippen LogP contribution < -0.4 is 4.74 Å². The Labute approximate surface area is 148 Å². The van der Waals surface area contributed by atoms with Crippen LogP contribution in [0.15, 0.2) is 36.4 Å². The molecule has 0 N–H and O–H groups in total. The van der Waals surface area contributed by atoms with Gasteiger partial charge >= 0.3 is 5.97 Å². The summed E-state index contributed by atoms with van der Waals surface area (Å²) in [6.45, 7) is 4.63. The number of hydrogen-bond acceptors (Lipinski definition) is 6. The van der Waals surface area contributed by atoms with E-state index < -0.39 is 11.8 Å². The van der Waals surface area contributed by atoms with Crippen molar-refractivity contribution in [2.24, 2.45) is 0 Å². The third kappa shape index (κ3) is 6.16. The molecule has 0 bridgehead atoms. The van der Waals surface area contributed by atoms with Crippen LogP contribution in [-0.4, -0.2) is 44.8 Å². The van der Waals surface area contributed by atoms with E-state index in [9.17, 15) is 4.79 Å². The molecule has 0 unspecified atom stereocenters. The van der Waals surface area contributed by atoms with Crippen LogP contribution in [0, 0.1) is 0 Å². The fourth-order valence-corrected chi connectivity index (χ4v) is 2.52. The Kier molecular flexibility index (Phi) is 6.99. The molecule has 1 heterocycles. The molecule has 1 fully saturated rings. The smallest absolute Gasteiger partial charge is 0.330 e. The van der Waals surface area contributed by atoms with Gasteiger partial charge in [-0.05, 0) is 38.0 Å². The van der Waals surface area contributed by atoms with Gasteiger partial charge in [-0.25, -0.2) is 4.79 Å². The molecule has 1 aliphatic heterocycles. The van der Waals surface area contributed by atoms with Crippen molar-refractivity contribution in [2.45, 2.75) is 44.9 Å². The third-order valence-electron chi connectivity index (χ3n) is 3.89. The van der Waals surface area contributed by atoms with Crippen molar-refractivity contribution in [3.05, 3.63) is 42.0 Å². The molecule has 6 nitrogen and oxygen atoms in total. The minimum atomic E-state index is -0.627. The zero-order valence-electron chi connectivity index (χ0n) is 15.2. The molecular weight excluding hydrogens is 324 g/mol. The maximum atomic E-state index is 11.2. The van der Waals surface area contributed by atoms with Gasteiger partial charge in [0.1, 0.15) is 11.9 Å². The quantitative estimate of drug-likeness (QED) is 0.531. The zero-order valence-corrected chi connectivity index (χ0v) is 15.2. The lowest BCUT2D eigenvalue weighted by Gasteiger charge is -2.24. The van der Waals surface area contributed by atoms with E-state index in [1.54, 1.807) is 13.2 Å². The van der Waals surface area contributed by atoms with Crippen molar-refractivity contribution in [3.63, 3.8) is 0 Å². The molecule has 1 aliphatic rings. The fourth-order valence-electron chi connectivity index (χ4n) is 2.52. The lowest BCUT2D eigenvalue weighted by Crippen LogP contribution is -2.32. The van der Waals surface area contributed by atoms with Crippen molar-refractivity contribution < 1.29 is 28.5 Å². The van der Waals surface area contributed by atoms with E-state index in [1.807, 2.05) is 38.1 Å². The van der Waals surface area contributed by atoms with Gasteiger partial charge in [0.05, 0.1) is 33.5 Å². The lowest BCUT2D eigenvalue weighted by molar-refractivity contribution is -0.157. The molecule has 0 radical (unpaired) electrons. The molecule has 2 atom stereocenters. The van der Waals surface area contributed by atoms with Crippen LogP contribution in [-0.2, 0) is 30.3 Å². The molecule has 0 saturated carbocycles. The Morgan fingerprint density at radius 3 is 2.60 bits per heavy atom. The van der Waals surface area contributed by atoms with Gasteiger partial charge < -0.3 is 23.7 Å². The Hall–Kier alpha value is -1.89. The molecule has 0 spiro atoms. The van der Waals surface area contributed by atoms with Crippen LogP contribution in [0.2, 0.25) is 0 Å². The number of carbonyl (C=O) groups excluding carboxylic acids is 1. The van der Waals surface area contributed by atoms with Gasteiger partial charge in [0, 0.05) is 6.08 Å². The van der Waals surface area contributed by atoms with E-state index in [2.05, 4.69) is 4.74 Å². The molecule has 1 saturated heterocycles. The number of methoxy groups -OCH3 is 2. The van der Waals surface area contributed by atoms with Crippen molar-refractivity contribution in [1.29, 1.82) is 0 Å². The number of benzene rings is 1. The highest BCUT2D eigenvalue weighted by Gasteiger charge is 2.37. The van der Waals surface area contributed by atoms with E-state index in [1.165, 1.54) is 13.2 Å². The molecule has 2 rings (SSSR count). The van der Waals surface area contributed by atoms with Crippen molar-refractivity contribution >= 4 is 5.97 Å². The van der Waals surface area contributed by atoms with Gasteiger partial charge in [0.15, 0.2) is 5.79 Å². The predicted octanol–water partition coefficient (Wildman–Crippen LogP) is 2.85. The topological polar surface area (TPSA) is 63.2 Å². The minimum Gasteiger partial charge on any atom is -0.497 e. The molecular formula is C19H26O6. The minimum absolute atomic E-state index is 0.199. The van der Waals surface area contributed by atoms with Crippen LogP contribution >= 0.6 is 0 Å². The summed E-state index contributed by atoms with van der Waals surface area (Å²) in [4.78, 5) is 11.2. The van der Waals surface area contributed by atoms with Gasteiger partial charge in [-0.15, -0.1) is 0 Å². The summed E-state index contributed by atoms with van der Waals surface area (Å²) in [5, 5.41) is 0. The van der Waals surface area contributed by atoms with Crippen molar-refractivity contribution in [3.8, 4) is 5.75 Å². The first-order chi connectivity index (χ1) is 11.9. The highest BCUT2D eigenvalue weighted by molar-refractivity contribution is 5.81. The second-order valence-corrected chi connectivity index (χ2v) is 6.23. The van der Waals surface area contributed by atoms with Crippen LogP contribution in [0.3, 0.4) is 0 Å². The summed E-state index contributed by atoms with van der Waals surface area (Å²) in [5.41, 5.74) is 1.03. The van der Waals surface area contributed by atoms with Crippen LogP contribution in [0.5, 0.6) is 5.75 Å². The molecule has 0 aromatic heterocycles. The van der Waals surface area contributed by atoms with Gasteiger partial charge in [0.25, 0.3) is 0 Å². The highest BCUT2D eigenvalue weighted by atomic mass is 16.7. The number of rotatable bonds is 8. The maximum Gasteiger partial charge on any atom is 0.330 e. The highest BCUT2D eigenvalue weighted by Crippen LogP contribution is 2.27. The van der Waals surface area contributed by atoms with E-state index in [4.69, 9.17) is 18.9 Å². The normalized spacial score (nSPS) is 20.6. The van der Waals surface area contributed by atoms with Gasteiger partial charge in [-0.3, -0.25) is 0 Å². The van der Waals surface area contributed by atoms with E-state index >= 15 is 0 Å². The first-order valence-corrected chi connectivity index (χ1v) is 8.24. The predicted molar refractivity (Wildman–Crippen MR) is 92.2 cm³/mol. The number of hydrogen-bond donors (Lipinski definition) is 0. The van der Waals surface area contributed by atoms with Crippen molar-refractivity contribution in [2.75, 3.05) is 20.8 Å². The maximum absolute atomic E-state index is 11.2. The summed E-state index contributed by atoms with van der Waals surface area (Å²) < 4.78 is 27.3. The molecule has 0 aliphatic carbocycles. The first kappa shape index (κ1) is 19.4. The van der Waals surface area contributed by atoms with Crippen LogP contribution in [0.4, 0.5) is 0 Å². The molecule has 6 heteroatoms. The summed E-state index contributed by atoms with van der Waals surface area (Å²) in [7, 11) is 2.98. The molecule has 1 aromatic carbocycles. The van der Waals surface area contributed by atoms with Gasteiger partial charge in [0.2, 0.25) is 0 Å². The van der Waals surface area contributed by atoms with Gasteiger partial charge in [-0.2, -0.15) is 0 Å². The number of esters is 1. The van der Waals surface area contributed by atoms with E-state index in [-0.39, 0.29) is 12.2 Å². The number of ether oxygens (including phenoxy) is 5. The SMILES string of the molecule is COC(=O)C=CC[C@H](OCc1ccc(OC)cc1)[C@H]1COC(C)(C)O1. The number of carbonyl (C=O) groups is 1. The lowest BCUT2D eigenvalue weighted by atomic mass is 10.1. The molecule has 138 valence electrons. The summed E-state index contributed by atoms with van der Waals surface area (Å²) in [5.74, 6) is -0.216. The van der Waals surface area contributed by atoms with Crippen molar-refractivity contribution in [1.82, 2.24) is 0 Å². The second kappa shape index (κ2) is 8.99. The average molecular weight is 350 g/mol. The monoisotopic (exact) mass is 350 g/mol. The Morgan fingerprint density at radius 2 is 2.04 bits per heavy atom. The first-order valence-electron chi connectivity index (χ1n) is 8.24. The Morgan fingerprint density at radius 1 is 1.32 bits per heavy atom. The molecule has 1 aromatic rings. The third-order valence-corrected chi connectivity index (χ3v) is 3.89. The van der Waals surface area contributed by atoms with E-state index in [0.717, 1.165) is 11.3 Å². The summed E-state index contributed by atoms with van der Waals surface area (Å²) in [6, 6.07) is 7.69. The summed E-state index contributed by atoms with van der Waals surface area (Å²) >= 11 is 0. The average Bonchev–Trinajstić information content (AvgIpc) is 2.97. The van der Waals surface area contributed by atoms with E-state index in [0.29, 0.717) is 19.6 Å². The second-order valence-electron chi connectivity index (χ2n) is 6.23. The zero-order chi connectivity index (χ0) is 18.3. The van der Waals surface area contributed by atoms with Gasteiger partial charge in [-0.1, -0.05) is 18.2 Å². The van der Waals surface area contributed by atoms with Crippen LogP contribution in [0.25, 0.3) is 0 Å². The Balaban J connectivity index is 1.97. The molecule has 25 heavy (non-hydrogen) atoms. The summed E-state index contributed by atoms with van der Waals surface area (Å²) in [6.07, 6.45) is 3.22. The largest absolute Gasteiger partial charge is 0.497 e. The standard InChI is InChI=1S/C19H26O6/c1-19(2)24-13-17(25-19)16(6-5-7-18(20)22-4)23-12-14-8-10-15(21-3)11-9-14/h5,7-11,16-17H,6,12-13H2,1-4H3/t16-,17+/m0/s1. The fraction of sp³-hybridized carbons (Fsp3) is 0.526. The molecule has 0 amide bonds. The van der Waals surface area contributed by atoms with Crippen LogP contribution in [0.1, 0.15) is 25.8 Å². The Bertz CT molecular complexity index is 578.